The van der Waals surface area contributed by atoms with Gasteiger partial charge in [-0.25, -0.2) is 0 Å². The van der Waals surface area contributed by atoms with Gasteiger partial charge in [-0.1, -0.05) is 24.0 Å². The maximum atomic E-state index is 5.38. The maximum Gasteiger partial charge on any atom is 0.0555 e. The summed E-state index contributed by atoms with van der Waals surface area (Å²) in [6.45, 7) is 5.00. The zero-order chi connectivity index (χ0) is 12.1. The molecule has 2 rings (SSSR count). The Morgan fingerprint density at radius 3 is 3.06 bits per heavy atom. The molecule has 0 aliphatic carbocycles. The molecule has 2 heteroatoms. The van der Waals surface area contributed by atoms with Gasteiger partial charge in [0.25, 0.3) is 0 Å². The normalized spacial score (nSPS) is 20.0. The minimum absolute atomic E-state index is 0.424. The fraction of sp³-hybridized carbons (Fsp3) is 0.467. The van der Waals surface area contributed by atoms with Crippen molar-refractivity contribution in [1.82, 2.24) is 4.90 Å². The van der Waals surface area contributed by atoms with E-state index in [1.54, 1.807) is 0 Å². The standard InChI is InChI=1S/C15H20N2/c1-13-5-4-10-17(13)12-15-7-2-6-14(11-15)8-3-9-16/h2,6-7,11,13H,4-5,9-10,12,16H2,1H3. The van der Waals surface area contributed by atoms with Crippen LogP contribution in [0.1, 0.15) is 30.9 Å². The van der Waals surface area contributed by atoms with Crippen LogP contribution >= 0.6 is 0 Å². The molecule has 0 amide bonds. The molecule has 1 unspecified atom stereocenters. The molecule has 1 fully saturated rings. The largest absolute Gasteiger partial charge is 0.320 e. The van der Waals surface area contributed by atoms with Gasteiger partial charge in [-0.3, -0.25) is 4.90 Å². The van der Waals surface area contributed by atoms with Crippen LogP contribution in [0.15, 0.2) is 24.3 Å². The zero-order valence-electron chi connectivity index (χ0n) is 10.4. The molecule has 1 atom stereocenters. The lowest BCUT2D eigenvalue weighted by atomic mass is 10.1. The van der Waals surface area contributed by atoms with Crippen LogP contribution in [0.3, 0.4) is 0 Å². The van der Waals surface area contributed by atoms with Crippen molar-refractivity contribution in [2.45, 2.75) is 32.4 Å². The van der Waals surface area contributed by atoms with Crippen LogP contribution in [0.2, 0.25) is 0 Å². The molecular weight excluding hydrogens is 208 g/mol. The van der Waals surface area contributed by atoms with Gasteiger partial charge in [-0.15, -0.1) is 0 Å². The third-order valence-corrected chi connectivity index (χ3v) is 3.34. The Morgan fingerprint density at radius 1 is 1.47 bits per heavy atom. The molecule has 0 spiro atoms. The smallest absolute Gasteiger partial charge is 0.0555 e. The van der Waals surface area contributed by atoms with Crippen molar-refractivity contribution in [2.24, 2.45) is 5.73 Å². The van der Waals surface area contributed by atoms with Gasteiger partial charge in [-0.2, -0.15) is 0 Å². The van der Waals surface area contributed by atoms with Gasteiger partial charge in [0.1, 0.15) is 0 Å². The Kier molecular flexibility index (Phi) is 4.19. The summed E-state index contributed by atoms with van der Waals surface area (Å²) in [5.41, 5.74) is 7.80. The van der Waals surface area contributed by atoms with Gasteiger partial charge in [0.2, 0.25) is 0 Å². The lowest BCUT2D eigenvalue weighted by Gasteiger charge is -2.20. The van der Waals surface area contributed by atoms with E-state index in [2.05, 4.69) is 41.9 Å². The summed E-state index contributed by atoms with van der Waals surface area (Å²) in [7, 11) is 0. The molecule has 17 heavy (non-hydrogen) atoms. The summed E-state index contributed by atoms with van der Waals surface area (Å²) in [5, 5.41) is 0. The van der Waals surface area contributed by atoms with Gasteiger partial charge >= 0.3 is 0 Å². The fourth-order valence-corrected chi connectivity index (χ4v) is 2.36. The highest BCUT2D eigenvalue weighted by Gasteiger charge is 2.19. The van der Waals surface area contributed by atoms with E-state index in [1.165, 1.54) is 24.9 Å². The first-order valence-corrected chi connectivity index (χ1v) is 6.31. The second-order valence-electron chi connectivity index (χ2n) is 4.67. The second kappa shape index (κ2) is 5.86. The molecule has 0 radical (unpaired) electrons. The average Bonchev–Trinajstić information content (AvgIpc) is 2.73. The molecule has 1 aliphatic rings. The summed E-state index contributed by atoms with van der Waals surface area (Å²) in [5.74, 6) is 5.99. The molecular formula is C15H20N2. The Morgan fingerprint density at radius 2 is 2.35 bits per heavy atom. The Labute approximate surface area is 104 Å². The van der Waals surface area contributed by atoms with E-state index in [0.717, 1.165) is 12.1 Å². The molecule has 0 saturated carbocycles. The summed E-state index contributed by atoms with van der Waals surface area (Å²) in [6, 6.07) is 9.19. The van der Waals surface area contributed by atoms with Crippen LogP contribution in [0.5, 0.6) is 0 Å². The van der Waals surface area contributed by atoms with Gasteiger partial charge in [-0.05, 0) is 44.0 Å². The first kappa shape index (κ1) is 12.2. The molecule has 1 aliphatic heterocycles. The monoisotopic (exact) mass is 228 g/mol. The highest BCUT2D eigenvalue weighted by molar-refractivity contribution is 5.37. The predicted molar refractivity (Wildman–Crippen MR) is 71.5 cm³/mol. The van der Waals surface area contributed by atoms with Crippen LogP contribution in [-0.4, -0.2) is 24.0 Å². The summed E-state index contributed by atoms with van der Waals surface area (Å²) >= 11 is 0. The molecule has 90 valence electrons. The van der Waals surface area contributed by atoms with E-state index < -0.39 is 0 Å². The number of hydrogen-bond acceptors (Lipinski definition) is 2. The minimum atomic E-state index is 0.424. The average molecular weight is 228 g/mol. The van der Waals surface area contributed by atoms with Crippen molar-refractivity contribution in [3.05, 3.63) is 35.4 Å². The van der Waals surface area contributed by atoms with E-state index >= 15 is 0 Å². The number of likely N-dealkylation sites (tertiary alicyclic amines) is 1. The molecule has 1 aromatic carbocycles. The molecule has 2 N–H and O–H groups in total. The topological polar surface area (TPSA) is 29.3 Å². The minimum Gasteiger partial charge on any atom is -0.320 e. The Hall–Kier alpha value is -1.30. The van der Waals surface area contributed by atoms with Gasteiger partial charge in [0.15, 0.2) is 0 Å². The van der Waals surface area contributed by atoms with Gasteiger partial charge in [0, 0.05) is 18.2 Å². The fourth-order valence-electron chi connectivity index (χ4n) is 2.36. The quantitative estimate of drug-likeness (QED) is 0.784. The van der Waals surface area contributed by atoms with E-state index in [0.29, 0.717) is 12.6 Å². The van der Waals surface area contributed by atoms with Gasteiger partial charge < -0.3 is 5.73 Å². The summed E-state index contributed by atoms with van der Waals surface area (Å²) in [6.07, 6.45) is 2.65. The van der Waals surface area contributed by atoms with E-state index in [-0.39, 0.29) is 0 Å². The number of nitrogens with zero attached hydrogens (tertiary/aromatic N) is 1. The first-order chi connectivity index (χ1) is 8.29. The van der Waals surface area contributed by atoms with Crippen molar-refractivity contribution < 1.29 is 0 Å². The number of rotatable bonds is 2. The van der Waals surface area contributed by atoms with Crippen LogP contribution in [0, 0.1) is 11.8 Å². The number of benzene rings is 1. The van der Waals surface area contributed by atoms with Crippen molar-refractivity contribution in [3.8, 4) is 11.8 Å². The van der Waals surface area contributed by atoms with E-state index in [4.69, 9.17) is 5.73 Å². The zero-order valence-corrected chi connectivity index (χ0v) is 10.4. The molecule has 1 saturated heterocycles. The maximum absolute atomic E-state index is 5.38. The van der Waals surface area contributed by atoms with Crippen LogP contribution in [0.25, 0.3) is 0 Å². The Bertz CT molecular complexity index is 428. The first-order valence-electron chi connectivity index (χ1n) is 6.31. The van der Waals surface area contributed by atoms with E-state index in [1.807, 2.05) is 6.07 Å². The van der Waals surface area contributed by atoms with Crippen molar-refractivity contribution in [2.75, 3.05) is 13.1 Å². The van der Waals surface area contributed by atoms with Crippen LogP contribution in [0.4, 0.5) is 0 Å². The van der Waals surface area contributed by atoms with Crippen molar-refractivity contribution in [1.29, 1.82) is 0 Å². The van der Waals surface area contributed by atoms with Crippen LogP contribution in [-0.2, 0) is 6.54 Å². The van der Waals surface area contributed by atoms with Gasteiger partial charge in [0.05, 0.1) is 6.54 Å². The SMILES string of the molecule is CC1CCCN1Cc1cccc(C#CCN)c1. The molecule has 0 aromatic heterocycles. The highest BCUT2D eigenvalue weighted by atomic mass is 15.2. The molecule has 2 nitrogen and oxygen atoms in total. The summed E-state index contributed by atoms with van der Waals surface area (Å²) in [4.78, 5) is 2.54. The summed E-state index contributed by atoms with van der Waals surface area (Å²) < 4.78 is 0. The number of nitrogens with two attached hydrogens (primary N) is 1. The Balaban J connectivity index is 2.05. The predicted octanol–water partition coefficient (Wildman–Crippen LogP) is 1.98. The lowest BCUT2D eigenvalue weighted by molar-refractivity contribution is 0.260. The second-order valence-corrected chi connectivity index (χ2v) is 4.67. The van der Waals surface area contributed by atoms with Crippen molar-refractivity contribution in [3.63, 3.8) is 0 Å². The third-order valence-electron chi connectivity index (χ3n) is 3.34. The third kappa shape index (κ3) is 3.33. The van der Waals surface area contributed by atoms with Crippen LogP contribution < -0.4 is 5.73 Å². The molecule has 0 bridgehead atoms. The molecule has 1 heterocycles. The lowest BCUT2D eigenvalue weighted by Crippen LogP contribution is -2.26. The van der Waals surface area contributed by atoms with Crippen molar-refractivity contribution >= 4 is 0 Å². The van der Waals surface area contributed by atoms with E-state index in [9.17, 15) is 0 Å². The molecule has 1 aromatic rings. The number of hydrogen-bond donors (Lipinski definition) is 1. The highest BCUT2D eigenvalue weighted by Crippen LogP contribution is 2.19.